The van der Waals surface area contributed by atoms with Crippen LogP contribution in [0.3, 0.4) is 0 Å². The molecule has 0 aliphatic carbocycles. The summed E-state index contributed by atoms with van der Waals surface area (Å²) in [5.74, 6) is 0.712. The first-order chi connectivity index (χ1) is 9.26. The first-order valence-electron chi connectivity index (χ1n) is 7.51. The van der Waals surface area contributed by atoms with Crippen LogP contribution in [0.4, 0.5) is 0 Å². The number of benzene rings is 1. The predicted octanol–water partition coefficient (Wildman–Crippen LogP) is 3.58. The third kappa shape index (κ3) is 7.34. The lowest BCUT2D eigenvalue weighted by atomic mass is 9.94. The molecular formula is C17H29NO. The Morgan fingerprint density at radius 2 is 1.95 bits per heavy atom. The van der Waals surface area contributed by atoms with Crippen molar-refractivity contribution < 1.29 is 4.74 Å². The van der Waals surface area contributed by atoms with Crippen LogP contribution in [0.1, 0.15) is 37.3 Å². The van der Waals surface area contributed by atoms with Gasteiger partial charge in [0.1, 0.15) is 0 Å². The van der Waals surface area contributed by atoms with Gasteiger partial charge < -0.3 is 10.1 Å². The topological polar surface area (TPSA) is 21.3 Å². The fourth-order valence-electron chi connectivity index (χ4n) is 2.33. The number of ether oxygens (including phenoxy) is 1. The van der Waals surface area contributed by atoms with Crippen molar-refractivity contribution in [2.45, 2.75) is 39.5 Å². The van der Waals surface area contributed by atoms with Crippen molar-refractivity contribution >= 4 is 0 Å². The zero-order valence-electron chi connectivity index (χ0n) is 12.7. The summed E-state index contributed by atoms with van der Waals surface area (Å²) >= 11 is 0. The van der Waals surface area contributed by atoms with E-state index in [2.05, 4.69) is 43.4 Å². The molecule has 0 amide bonds. The number of rotatable bonds is 10. The maximum Gasteiger partial charge on any atom is 0.0462 e. The maximum absolute atomic E-state index is 5.16. The van der Waals surface area contributed by atoms with Crippen molar-refractivity contribution in [3.8, 4) is 0 Å². The van der Waals surface area contributed by atoms with Crippen molar-refractivity contribution in [3.63, 3.8) is 0 Å². The lowest BCUT2D eigenvalue weighted by Crippen LogP contribution is -2.25. The van der Waals surface area contributed by atoms with Gasteiger partial charge in [0.25, 0.3) is 0 Å². The molecule has 0 bridgehead atoms. The summed E-state index contributed by atoms with van der Waals surface area (Å²) in [7, 11) is 1.78. The van der Waals surface area contributed by atoms with Gasteiger partial charge in [0, 0.05) is 13.7 Å². The Balaban J connectivity index is 2.44. The molecule has 108 valence electrons. The molecular weight excluding hydrogens is 234 g/mol. The highest BCUT2D eigenvalue weighted by Gasteiger charge is 2.09. The number of hydrogen-bond donors (Lipinski definition) is 1. The number of aryl methyl sites for hydroxylation is 1. The molecule has 0 saturated carbocycles. The highest BCUT2D eigenvalue weighted by atomic mass is 16.5. The second-order valence-electron chi connectivity index (χ2n) is 5.39. The van der Waals surface area contributed by atoms with Crippen molar-refractivity contribution in [3.05, 3.63) is 35.4 Å². The Morgan fingerprint density at radius 1 is 1.21 bits per heavy atom. The van der Waals surface area contributed by atoms with E-state index >= 15 is 0 Å². The van der Waals surface area contributed by atoms with E-state index in [0.29, 0.717) is 5.92 Å². The fourth-order valence-corrected chi connectivity index (χ4v) is 2.33. The van der Waals surface area contributed by atoms with Gasteiger partial charge >= 0.3 is 0 Å². The van der Waals surface area contributed by atoms with Gasteiger partial charge in [0.15, 0.2) is 0 Å². The van der Waals surface area contributed by atoms with Crippen molar-refractivity contribution in [2.24, 2.45) is 5.92 Å². The standard InChI is InChI=1S/C17H29NO/c1-4-11-18-14-17(6-5-12-19-3)13-16-9-7-15(2)8-10-16/h7-10,17-18H,4-6,11-14H2,1-3H3. The molecule has 0 aliphatic rings. The summed E-state index contributed by atoms with van der Waals surface area (Å²) < 4.78 is 5.16. The van der Waals surface area contributed by atoms with Gasteiger partial charge in [-0.25, -0.2) is 0 Å². The largest absolute Gasteiger partial charge is 0.385 e. The minimum Gasteiger partial charge on any atom is -0.385 e. The molecule has 0 spiro atoms. The van der Waals surface area contributed by atoms with Crippen LogP contribution in [-0.2, 0) is 11.2 Å². The second-order valence-corrected chi connectivity index (χ2v) is 5.39. The van der Waals surface area contributed by atoms with E-state index in [-0.39, 0.29) is 0 Å². The molecule has 0 fully saturated rings. The molecule has 2 nitrogen and oxygen atoms in total. The van der Waals surface area contributed by atoms with Gasteiger partial charge in [-0.1, -0.05) is 36.8 Å². The minimum atomic E-state index is 0.712. The molecule has 2 heteroatoms. The van der Waals surface area contributed by atoms with Gasteiger partial charge in [-0.2, -0.15) is 0 Å². The molecule has 0 aliphatic heterocycles. The third-order valence-corrected chi connectivity index (χ3v) is 3.47. The lowest BCUT2D eigenvalue weighted by Gasteiger charge is -2.17. The maximum atomic E-state index is 5.16. The summed E-state index contributed by atoms with van der Waals surface area (Å²) in [6, 6.07) is 8.94. The predicted molar refractivity (Wildman–Crippen MR) is 82.6 cm³/mol. The Bertz CT molecular complexity index is 311. The van der Waals surface area contributed by atoms with E-state index in [1.54, 1.807) is 7.11 Å². The Kier molecular flexibility index (Phi) is 8.52. The summed E-state index contributed by atoms with van der Waals surface area (Å²) in [5, 5.41) is 3.55. The van der Waals surface area contributed by atoms with Crippen LogP contribution in [0.5, 0.6) is 0 Å². The van der Waals surface area contributed by atoms with Gasteiger partial charge in [0.05, 0.1) is 0 Å². The molecule has 0 heterocycles. The number of nitrogens with one attached hydrogen (secondary N) is 1. The monoisotopic (exact) mass is 263 g/mol. The minimum absolute atomic E-state index is 0.712. The summed E-state index contributed by atoms with van der Waals surface area (Å²) in [6.45, 7) is 7.47. The van der Waals surface area contributed by atoms with Gasteiger partial charge in [-0.15, -0.1) is 0 Å². The van der Waals surface area contributed by atoms with Crippen molar-refractivity contribution in [2.75, 3.05) is 26.8 Å². The van der Waals surface area contributed by atoms with E-state index in [1.165, 1.54) is 30.4 Å². The number of hydrogen-bond acceptors (Lipinski definition) is 2. The molecule has 0 radical (unpaired) electrons. The molecule has 1 aromatic rings. The van der Waals surface area contributed by atoms with Crippen LogP contribution in [0.2, 0.25) is 0 Å². The molecule has 1 N–H and O–H groups in total. The molecule has 1 unspecified atom stereocenters. The molecule has 1 aromatic carbocycles. The van der Waals surface area contributed by atoms with E-state index in [0.717, 1.165) is 26.1 Å². The zero-order chi connectivity index (χ0) is 13.9. The molecule has 0 aromatic heterocycles. The van der Waals surface area contributed by atoms with Crippen LogP contribution in [-0.4, -0.2) is 26.8 Å². The van der Waals surface area contributed by atoms with E-state index in [9.17, 15) is 0 Å². The van der Waals surface area contributed by atoms with Crippen LogP contribution in [0.15, 0.2) is 24.3 Å². The average molecular weight is 263 g/mol. The van der Waals surface area contributed by atoms with Gasteiger partial charge in [0.2, 0.25) is 0 Å². The highest BCUT2D eigenvalue weighted by molar-refractivity contribution is 5.21. The van der Waals surface area contributed by atoms with Gasteiger partial charge in [-0.05, 0) is 57.2 Å². The molecule has 0 saturated heterocycles. The fraction of sp³-hybridized carbons (Fsp3) is 0.647. The Hall–Kier alpha value is -0.860. The summed E-state index contributed by atoms with van der Waals surface area (Å²) in [5.41, 5.74) is 2.79. The first-order valence-corrected chi connectivity index (χ1v) is 7.51. The van der Waals surface area contributed by atoms with Crippen LogP contribution in [0, 0.1) is 12.8 Å². The first kappa shape index (κ1) is 16.2. The van der Waals surface area contributed by atoms with Crippen LogP contribution in [0.25, 0.3) is 0 Å². The zero-order valence-corrected chi connectivity index (χ0v) is 12.7. The van der Waals surface area contributed by atoms with E-state index < -0.39 is 0 Å². The normalized spacial score (nSPS) is 12.6. The van der Waals surface area contributed by atoms with E-state index in [4.69, 9.17) is 4.74 Å². The molecule has 19 heavy (non-hydrogen) atoms. The summed E-state index contributed by atoms with van der Waals surface area (Å²) in [6.07, 6.45) is 4.76. The molecule has 1 atom stereocenters. The van der Waals surface area contributed by atoms with Crippen molar-refractivity contribution in [1.29, 1.82) is 0 Å². The quantitative estimate of drug-likeness (QED) is 0.651. The van der Waals surface area contributed by atoms with Gasteiger partial charge in [-0.3, -0.25) is 0 Å². The number of methoxy groups -OCH3 is 1. The average Bonchev–Trinajstić information content (AvgIpc) is 2.41. The van der Waals surface area contributed by atoms with Crippen molar-refractivity contribution in [1.82, 2.24) is 5.32 Å². The SMILES string of the molecule is CCCNCC(CCCOC)Cc1ccc(C)cc1. The van der Waals surface area contributed by atoms with Crippen LogP contribution < -0.4 is 5.32 Å². The summed E-state index contributed by atoms with van der Waals surface area (Å²) in [4.78, 5) is 0. The second kappa shape index (κ2) is 9.99. The Morgan fingerprint density at radius 3 is 2.58 bits per heavy atom. The van der Waals surface area contributed by atoms with E-state index in [1.807, 2.05) is 0 Å². The lowest BCUT2D eigenvalue weighted by molar-refractivity contribution is 0.186. The van der Waals surface area contributed by atoms with Crippen LogP contribution >= 0.6 is 0 Å². The third-order valence-electron chi connectivity index (χ3n) is 3.47. The molecule has 1 rings (SSSR count). The highest BCUT2D eigenvalue weighted by Crippen LogP contribution is 2.14. The smallest absolute Gasteiger partial charge is 0.0462 e. The Labute approximate surface area is 118 Å².